The summed E-state index contributed by atoms with van der Waals surface area (Å²) >= 11 is 0. The van der Waals surface area contributed by atoms with Crippen LogP contribution in [0.25, 0.3) is 16.6 Å². The van der Waals surface area contributed by atoms with Gasteiger partial charge in [-0.2, -0.15) is 0 Å². The molecule has 158 valence electrons. The van der Waals surface area contributed by atoms with Gasteiger partial charge < -0.3 is 14.4 Å². The van der Waals surface area contributed by atoms with E-state index in [1.807, 2.05) is 25.3 Å². The molecule has 4 rings (SSSR count). The van der Waals surface area contributed by atoms with E-state index in [0.717, 1.165) is 53.8 Å². The van der Waals surface area contributed by atoms with Crippen LogP contribution in [0, 0.1) is 6.92 Å². The normalized spacial score (nSPS) is 17.0. The largest absolute Gasteiger partial charge is 0.478 e. The molecular formula is C24H30N4O2. The lowest BCUT2D eigenvalue weighted by molar-refractivity contribution is 0.0695. The van der Waals surface area contributed by atoms with Crippen molar-refractivity contribution in [1.82, 2.24) is 19.2 Å². The maximum atomic E-state index is 12.0. The number of carbonyl (C=O) groups is 1. The first-order valence-corrected chi connectivity index (χ1v) is 10.6. The van der Waals surface area contributed by atoms with Gasteiger partial charge in [0.05, 0.1) is 5.56 Å². The van der Waals surface area contributed by atoms with Gasteiger partial charge in [-0.05, 0) is 64.5 Å². The molecule has 6 nitrogen and oxygen atoms in total. The third-order valence-corrected chi connectivity index (χ3v) is 6.59. The average molecular weight is 407 g/mol. The van der Waals surface area contributed by atoms with Crippen LogP contribution in [-0.4, -0.2) is 63.5 Å². The molecule has 3 aromatic heterocycles. The van der Waals surface area contributed by atoms with E-state index in [-0.39, 0.29) is 6.04 Å². The molecule has 1 aliphatic rings. The fraction of sp³-hybridized carbons (Fsp3) is 0.417. The second-order valence-corrected chi connectivity index (χ2v) is 8.55. The van der Waals surface area contributed by atoms with E-state index in [1.54, 1.807) is 12.3 Å². The van der Waals surface area contributed by atoms with Crippen LogP contribution < -0.4 is 0 Å². The van der Waals surface area contributed by atoms with Crippen molar-refractivity contribution in [1.29, 1.82) is 0 Å². The number of pyridine rings is 2. The van der Waals surface area contributed by atoms with E-state index >= 15 is 0 Å². The quantitative estimate of drug-likeness (QED) is 0.691. The van der Waals surface area contributed by atoms with Gasteiger partial charge in [0.25, 0.3) is 0 Å². The molecule has 0 bridgehead atoms. The minimum absolute atomic E-state index is 0.129. The molecule has 1 atom stereocenters. The lowest BCUT2D eigenvalue weighted by Gasteiger charge is -2.39. The first-order chi connectivity index (χ1) is 14.4. The number of carboxylic acid groups (broad SMARTS) is 1. The number of hydrogen-bond acceptors (Lipinski definition) is 4. The SMILES string of the molecule is Cc1c(C(=O)O)cc2cc(-c3cccnc3)cn2c1C(C)N1CCC(N(C)C)CC1. The van der Waals surface area contributed by atoms with E-state index in [4.69, 9.17) is 0 Å². The van der Waals surface area contributed by atoms with Crippen LogP contribution in [0.3, 0.4) is 0 Å². The van der Waals surface area contributed by atoms with Crippen LogP contribution in [0.4, 0.5) is 0 Å². The molecule has 0 amide bonds. The summed E-state index contributed by atoms with van der Waals surface area (Å²) < 4.78 is 2.17. The second-order valence-electron chi connectivity index (χ2n) is 8.55. The average Bonchev–Trinajstić information content (AvgIpc) is 3.17. The Morgan fingerprint density at radius 3 is 2.57 bits per heavy atom. The van der Waals surface area contributed by atoms with Crippen molar-refractivity contribution in [3.63, 3.8) is 0 Å². The van der Waals surface area contributed by atoms with Crippen molar-refractivity contribution >= 4 is 11.5 Å². The van der Waals surface area contributed by atoms with Crippen molar-refractivity contribution in [2.75, 3.05) is 27.2 Å². The number of likely N-dealkylation sites (tertiary alicyclic amines) is 1. The number of aromatic nitrogens is 2. The van der Waals surface area contributed by atoms with Crippen LogP contribution in [0.2, 0.25) is 0 Å². The van der Waals surface area contributed by atoms with Crippen molar-refractivity contribution in [3.05, 3.63) is 59.7 Å². The van der Waals surface area contributed by atoms with Crippen LogP contribution in [0.5, 0.6) is 0 Å². The number of nitrogens with zero attached hydrogens (tertiary/aromatic N) is 4. The Morgan fingerprint density at radius 2 is 1.97 bits per heavy atom. The predicted molar refractivity (Wildman–Crippen MR) is 119 cm³/mol. The third kappa shape index (κ3) is 3.73. The summed E-state index contributed by atoms with van der Waals surface area (Å²) in [6.07, 6.45) is 7.98. The van der Waals surface area contributed by atoms with Gasteiger partial charge in [-0.15, -0.1) is 0 Å². The molecule has 1 unspecified atom stereocenters. The smallest absolute Gasteiger partial charge is 0.336 e. The lowest BCUT2D eigenvalue weighted by atomic mass is 9.98. The van der Waals surface area contributed by atoms with Crippen molar-refractivity contribution in [2.45, 2.75) is 38.8 Å². The molecule has 6 heteroatoms. The zero-order valence-corrected chi connectivity index (χ0v) is 18.2. The van der Waals surface area contributed by atoms with Gasteiger partial charge in [0.1, 0.15) is 0 Å². The van der Waals surface area contributed by atoms with Gasteiger partial charge >= 0.3 is 5.97 Å². The Kier molecular flexibility index (Phi) is 5.62. The molecule has 1 fully saturated rings. The van der Waals surface area contributed by atoms with Crippen LogP contribution in [0.1, 0.15) is 47.4 Å². The maximum Gasteiger partial charge on any atom is 0.336 e. The number of hydrogen-bond donors (Lipinski definition) is 1. The number of fused-ring (bicyclic) bond motifs is 1. The highest BCUT2D eigenvalue weighted by Crippen LogP contribution is 2.33. The zero-order chi connectivity index (χ0) is 21.4. The van der Waals surface area contributed by atoms with E-state index in [9.17, 15) is 9.90 Å². The fourth-order valence-corrected chi connectivity index (χ4v) is 4.76. The summed E-state index contributed by atoms with van der Waals surface area (Å²) in [6, 6.07) is 8.53. The standard InChI is InChI=1S/C24H30N4O2/c1-16-22(24(29)30)13-21-12-19(18-6-5-9-25-14-18)15-28(21)23(16)17(2)27-10-7-20(8-11-27)26(3)4/h5-6,9,12-15,17,20H,7-8,10-11H2,1-4H3,(H,29,30). The van der Waals surface area contributed by atoms with Gasteiger partial charge in [0, 0.05) is 66.1 Å². The molecule has 1 aliphatic heterocycles. The highest BCUT2D eigenvalue weighted by atomic mass is 16.4. The van der Waals surface area contributed by atoms with Crippen molar-refractivity contribution in [3.8, 4) is 11.1 Å². The Bertz CT molecular complexity index is 1050. The van der Waals surface area contributed by atoms with E-state index < -0.39 is 5.97 Å². The first-order valence-electron chi connectivity index (χ1n) is 10.6. The number of piperidine rings is 1. The van der Waals surface area contributed by atoms with Crippen LogP contribution in [-0.2, 0) is 0 Å². The number of carboxylic acids is 1. The summed E-state index contributed by atoms with van der Waals surface area (Å²) in [5, 5.41) is 9.82. The first kappa shape index (κ1) is 20.6. The van der Waals surface area contributed by atoms with Gasteiger partial charge in [-0.3, -0.25) is 9.88 Å². The Labute approximate surface area is 177 Å². The molecule has 0 aliphatic carbocycles. The molecule has 0 saturated carbocycles. The van der Waals surface area contributed by atoms with Crippen molar-refractivity contribution in [2.24, 2.45) is 0 Å². The predicted octanol–water partition coefficient (Wildman–Crippen LogP) is 4.09. The minimum Gasteiger partial charge on any atom is -0.478 e. The fourth-order valence-electron chi connectivity index (χ4n) is 4.76. The Morgan fingerprint density at radius 1 is 1.23 bits per heavy atom. The summed E-state index contributed by atoms with van der Waals surface area (Å²) in [5.74, 6) is -0.876. The molecule has 0 spiro atoms. The number of aromatic carboxylic acids is 1. The van der Waals surface area contributed by atoms with Crippen LogP contribution >= 0.6 is 0 Å². The second kappa shape index (κ2) is 8.20. The highest BCUT2D eigenvalue weighted by Gasteiger charge is 2.28. The van der Waals surface area contributed by atoms with Gasteiger partial charge in [-0.1, -0.05) is 6.07 Å². The van der Waals surface area contributed by atoms with Gasteiger partial charge in [-0.25, -0.2) is 4.79 Å². The van der Waals surface area contributed by atoms with E-state index in [0.29, 0.717) is 11.6 Å². The monoisotopic (exact) mass is 406 g/mol. The molecule has 4 heterocycles. The van der Waals surface area contributed by atoms with Gasteiger partial charge in [0.2, 0.25) is 0 Å². The summed E-state index contributed by atoms with van der Waals surface area (Å²) in [6.45, 7) is 6.16. The summed E-state index contributed by atoms with van der Waals surface area (Å²) in [5.41, 5.74) is 5.25. The summed E-state index contributed by atoms with van der Waals surface area (Å²) in [4.78, 5) is 21.0. The summed E-state index contributed by atoms with van der Waals surface area (Å²) in [7, 11) is 4.29. The number of rotatable bonds is 5. The molecular weight excluding hydrogens is 376 g/mol. The zero-order valence-electron chi connectivity index (χ0n) is 18.2. The van der Waals surface area contributed by atoms with E-state index in [1.165, 1.54) is 0 Å². The molecule has 0 radical (unpaired) electrons. The Balaban J connectivity index is 1.78. The Hall–Kier alpha value is -2.70. The topological polar surface area (TPSA) is 61.1 Å². The van der Waals surface area contributed by atoms with E-state index in [2.05, 4.69) is 52.5 Å². The van der Waals surface area contributed by atoms with Crippen LogP contribution in [0.15, 0.2) is 42.9 Å². The molecule has 1 saturated heterocycles. The lowest BCUT2D eigenvalue weighted by Crippen LogP contribution is -2.43. The van der Waals surface area contributed by atoms with Gasteiger partial charge in [0.15, 0.2) is 0 Å². The molecule has 1 N–H and O–H groups in total. The minimum atomic E-state index is -0.876. The molecule has 30 heavy (non-hydrogen) atoms. The maximum absolute atomic E-state index is 12.0. The third-order valence-electron chi connectivity index (χ3n) is 6.59. The molecule has 3 aromatic rings. The van der Waals surface area contributed by atoms with Crippen molar-refractivity contribution < 1.29 is 9.90 Å². The highest BCUT2D eigenvalue weighted by molar-refractivity contribution is 5.91. The molecule has 0 aromatic carbocycles.